The van der Waals surface area contributed by atoms with Crippen molar-refractivity contribution >= 4 is 23.4 Å². The summed E-state index contributed by atoms with van der Waals surface area (Å²) in [5.41, 5.74) is -0.490. The molecule has 3 N–H and O–H groups in total. The van der Waals surface area contributed by atoms with Gasteiger partial charge in [0.25, 0.3) is 0 Å². The second-order valence-corrected chi connectivity index (χ2v) is 10.7. The fourth-order valence-corrected chi connectivity index (χ4v) is 6.78. The number of nitrogens with zero attached hydrogens (tertiary/aromatic N) is 2. The number of fused-ring (bicyclic) bond motifs is 1. The van der Waals surface area contributed by atoms with Crippen LogP contribution < -0.4 is 15.4 Å². The molecule has 3 amide bonds. The molecule has 0 aliphatic carbocycles. The summed E-state index contributed by atoms with van der Waals surface area (Å²) in [7, 11) is 0. The van der Waals surface area contributed by atoms with Crippen LogP contribution in [0.2, 0.25) is 0 Å². The van der Waals surface area contributed by atoms with Crippen molar-refractivity contribution in [1.82, 2.24) is 15.1 Å². The van der Waals surface area contributed by atoms with Crippen molar-refractivity contribution < 1.29 is 33.7 Å². The third kappa shape index (κ3) is 5.13. The molecule has 1 aromatic rings. The topological polar surface area (TPSA) is 130 Å². The number of anilines is 1. The summed E-state index contributed by atoms with van der Waals surface area (Å²) in [5.74, 6) is -1.68. The lowest BCUT2D eigenvalue weighted by atomic mass is 9.70. The van der Waals surface area contributed by atoms with E-state index in [1.807, 2.05) is 13.8 Å². The first-order valence-electron chi connectivity index (χ1n) is 14.2. The van der Waals surface area contributed by atoms with Crippen LogP contribution in [0.15, 0.2) is 24.3 Å². The Labute approximate surface area is 229 Å². The molecule has 4 fully saturated rings. The van der Waals surface area contributed by atoms with Crippen LogP contribution in [0.4, 0.5) is 5.69 Å². The Kier molecular flexibility index (Phi) is 8.41. The van der Waals surface area contributed by atoms with Gasteiger partial charge in [0.1, 0.15) is 17.4 Å². The van der Waals surface area contributed by atoms with Crippen LogP contribution in [0.5, 0.6) is 5.75 Å². The van der Waals surface area contributed by atoms with E-state index in [4.69, 9.17) is 14.2 Å². The van der Waals surface area contributed by atoms with E-state index in [2.05, 4.69) is 15.5 Å². The molecule has 0 radical (unpaired) electrons. The summed E-state index contributed by atoms with van der Waals surface area (Å²) in [4.78, 5) is 45.0. The maximum Gasteiger partial charge on any atom is 0.245 e. The number of aliphatic hydroxyl groups excluding tert-OH is 1. The van der Waals surface area contributed by atoms with E-state index >= 15 is 0 Å². The SMILES string of the molecule is CCOc1ccc(NC(=O)[C@@H]2[C@H]3C(=O)N([C@@H](CC)CO)C(C(=O)NCCN4CCOCC4)C34CC[C@H]2O4)cc1. The molecule has 4 aliphatic heterocycles. The summed E-state index contributed by atoms with van der Waals surface area (Å²) in [5, 5.41) is 16.1. The van der Waals surface area contributed by atoms with Crippen LogP contribution >= 0.6 is 0 Å². The van der Waals surface area contributed by atoms with Crippen molar-refractivity contribution in [2.45, 2.75) is 56.9 Å². The molecule has 2 bridgehead atoms. The molecule has 4 heterocycles. The molecule has 4 saturated heterocycles. The molecular weight excluding hydrogens is 504 g/mol. The number of amides is 3. The highest BCUT2D eigenvalue weighted by Gasteiger charge is 2.75. The smallest absolute Gasteiger partial charge is 0.245 e. The highest BCUT2D eigenvalue weighted by atomic mass is 16.5. The van der Waals surface area contributed by atoms with Gasteiger partial charge in [-0.3, -0.25) is 19.3 Å². The number of likely N-dealkylation sites (tertiary alicyclic amines) is 1. The Bertz CT molecular complexity index is 1040. The second-order valence-electron chi connectivity index (χ2n) is 10.7. The van der Waals surface area contributed by atoms with E-state index in [1.54, 1.807) is 24.3 Å². The van der Waals surface area contributed by atoms with Gasteiger partial charge >= 0.3 is 0 Å². The lowest BCUT2D eigenvalue weighted by molar-refractivity contribution is -0.145. The predicted octanol–water partition coefficient (Wildman–Crippen LogP) is 0.618. The predicted molar refractivity (Wildman–Crippen MR) is 142 cm³/mol. The number of ether oxygens (including phenoxy) is 3. The normalized spacial score (nSPS) is 30.7. The molecule has 0 saturated carbocycles. The number of rotatable bonds is 11. The fourth-order valence-electron chi connectivity index (χ4n) is 6.78. The molecule has 214 valence electrons. The molecular formula is C28H40N4O7. The molecule has 11 heteroatoms. The standard InChI is InChI=1S/C28H40N4O7/c1-3-19(17-33)32-24(26(35)29-11-12-31-13-15-37-16-14-31)28-10-9-21(39-28)22(23(28)27(32)36)25(34)30-18-5-7-20(8-6-18)38-4-2/h5-8,19,21-24,33H,3-4,9-17H2,1-2H3,(H,29,35)(H,30,34)/t19-,21+,22-,23-,24?,28?/m0/s1. The number of hydrogen-bond acceptors (Lipinski definition) is 8. The van der Waals surface area contributed by atoms with Crippen LogP contribution in [0.3, 0.4) is 0 Å². The number of morpholine rings is 1. The Morgan fingerprint density at radius 1 is 1.18 bits per heavy atom. The van der Waals surface area contributed by atoms with Gasteiger partial charge in [-0.15, -0.1) is 0 Å². The Morgan fingerprint density at radius 3 is 2.59 bits per heavy atom. The van der Waals surface area contributed by atoms with Crippen LogP contribution in [0.25, 0.3) is 0 Å². The molecule has 2 unspecified atom stereocenters. The quantitative estimate of drug-likeness (QED) is 0.370. The van der Waals surface area contributed by atoms with Crippen molar-refractivity contribution in [3.63, 3.8) is 0 Å². The van der Waals surface area contributed by atoms with Crippen molar-refractivity contribution in [2.24, 2.45) is 11.8 Å². The van der Waals surface area contributed by atoms with Gasteiger partial charge in [-0.2, -0.15) is 0 Å². The Balaban J connectivity index is 1.35. The highest BCUT2D eigenvalue weighted by molar-refractivity contribution is 6.02. The van der Waals surface area contributed by atoms with Gasteiger partial charge in [0, 0.05) is 31.9 Å². The monoisotopic (exact) mass is 544 g/mol. The number of carbonyl (C=O) groups is 3. The average molecular weight is 545 g/mol. The summed E-state index contributed by atoms with van der Waals surface area (Å²) < 4.78 is 17.3. The highest BCUT2D eigenvalue weighted by Crippen LogP contribution is 2.59. The molecule has 6 atom stereocenters. The summed E-state index contributed by atoms with van der Waals surface area (Å²) in [6, 6.07) is 5.66. The van der Waals surface area contributed by atoms with E-state index < -0.39 is 35.6 Å². The summed E-state index contributed by atoms with van der Waals surface area (Å²) in [6.07, 6.45) is 1.14. The van der Waals surface area contributed by atoms with E-state index in [0.29, 0.717) is 63.6 Å². The van der Waals surface area contributed by atoms with E-state index in [-0.39, 0.29) is 24.3 Å². The van der Waals surface area contributed by atoms with Crippen molar-refractivity contribution in [1.29, 1.82) is 0 Å². The van der Waals surface area contributed by atoms with Crippen molar-refractivity contribution in [3.8, 4) is 5.75 Å². The zero-order chi connectivity index (χ0) is 27.6. The van der Waals surface area contributed by atoms with Gasteiger partial charge in [-0.05, 0) is 50.5 Å². The molecule has 11 nitrogen and oxygen atoms in total. The molecule has 39 heavy (non-hydrogen) atoms. The number of carbonyl (C=O) groups excluding carboxylic acids is 3. The number of aliphatic hydroxyl groups is 1. The molecule has 1 aromatic carbocycles. The lowest BCUT2D eigenvalue weighted by Crippen LogP contribution is -2.58. The molecule has 4 aliphatic rings. The van der Waals surface area contributed by atoms with E-state index in [9.17, 15) is 19.5 Å². The fraction of sp³-hybridized carbons (Fsp3) is 0.679. The van der Waals surface area contributed by atoms with Crippen LogP contribution in [-0.2, 0) is 23.9 Å². The zero-order valence-electron chi connectivity index (χ0n) is 22.8. The first-order chi connectivity index (χ1) is 18.9. The Hall–Kier alpha value is -2.73. The maximum absolute atomic E-state index is 14.0. The third-order valence-corrected chi connectivity index (χ3v) is 8.63. The largest absolute Gasteiger partial charge is 0.494 e. The lowest BCUT2D eigenvalue weighted by Gasteiger charge is -2.36. The second kappa shape index (κ2) is 11.8. The first kappa shape index (κ1) is 27.8. The van der Waals surface area contributed by atoms with Gasteiger partial charge in [0.15, 0.2) is 0 Å². The summed E-state index contributed by atoms with van der Waals surface area (Å²) in [6.45, 7) is 8.14. The zero-order valence-corrected chi connectivity index (χ0v) is 22.8. The van der Waals surface area contributed by atoms with Crippen LogP contribution in [0.1, 0.15) is 33.1 Å². The molecule has 5 rings (SSSR count). The minimum absolute atomic E-state index is 0.269. The summed E-state index contributed by atoms with van der Waals surface area (Å²) >= 11 is 0. The molecule has 1 spiro atoms. The van der Waals surface area contributed by atoms with Gasteiger partial charge in [0.2, 0.25) is 17.7 Å². The Morgan fingerprint density at radius 2 is 1.92 bits per heavy atom. The first-order valence-corrected chi connectivity index (χ1v) is 14.2. The molecule has 0 aromatic heterocycles. The number of hydrogen-bond donors (Lipinski definition) is 3. The average Bonchev–Trinajstić information content (AvgIpc) is 3.59. The van der Waals surface area contributed by atoms with Crippen LogP contribution in [-0.4, -0.2) is 109 Å². The van der Waals surface area contributed by atoms with Crippen LogP contribution in [0, 0.1) is 11.8 Å². The van der Waals surface area contributed by atoms with Crippen molar-refractivity contribution in [2.75, 3.05) is 57.9 Å². The van der Waals surface area contributed by atoms with Gasteiger partial charge < -0.3 is 34.9 Å². The van der Waals surface area contributed by atoms with E-state index in [0.717, 1.165) is 13.1 Å². The van der Waals surface area contributed by atoms with Gasteiger partial charge in [0.05, 0.1) is 50.4 Å². The minimum atomic E-state index is -1.09. The maximum atomic E-state index is 14.0. The van der Waals surface area contributed by atoms with Gasteiger partial charge in [-0.1, -0.05) is 6.92 Å². The van der Waals surface area contributed by atoms with Crippen molar-refractivity contribution in [3.05, 3.63) is 24.3 Å². The number of nitrogens with one attached hydrogen (secondary N) is 2. The van der Waals surface area contributed by atoms with Gasteiger partial charge in [-0.25, -0.2) is 0 Å². The van der Waals surface area contributed by atoms with E-state index in [1.165, 1.54) is 4.90 Å². The number of benzene rings is 1. The third-order valence-electron chi connectivity index (χ3n) is 8.63. The minimum Gasteiger partial charge on any atom is -0.494 e.